The molecule has 0 aliphatic heterocycles. The molecule has 2 atom stereocenters. The molecule has 2 rings (SSSR count). The fourth-order valence-electron chi connectivity index (χ4n) is 2.71. The van der Waals surface area contributed by atoms with E-state index in [-0.39, 0.29) is 11.0 Å². The van der Waals surface area contributed by atoms with Crippen molar-refractivity contribution in [1.29, 1.82) is 5.26 Å². The molecule has 0 amide bonds. The molecule has 0 radical (unpaired) electrons. The highest BCUT2D eigenvalue weighted by Gasteiger charge is 2.39. The minimum atomic E-state index is -3.24. The van der Waals surface area contributed by atoms with Gasteiger partial charge < -0.3 is 4.74 Å². The molecule has 6 heteroatoms. The monoisotopic (exact) mass is 308 g/mol. The van der Waals surface area contributed by atoms with E-state index in [9.17, 15) is 13.7 Å². The van der Waals surface area contributed by atoms with Gasteiger partial charge in [0, 0.05) is 12.7 Å². The summed E-state index contributed by atoms with van der Waals surface area (Å²) in [5.41, 5.74) is -0.520. The Hall–Kier alpha value is -1.58. The molecule has 1 saturated carbocycles. The standard InChI is InChI=1S/C15H20N2O3S/c1-3-17-15(11-16)8-7-13(10-15)20-12-5-4-6-14(9-12)21(2,18)19/h4-6,9,13,17H,3,7-8,10H2,1-2H3. The molecular weight excluding hydrogens is 288 g/mol. The average Bonchev–Trinajstić information content (AvgIpc) is 2.82. The molecule has 5 nitrogen and oxygen atoms in total. The zero-order valence-corrected chi connectivity index (χ0v) is 13.1. The van der Waals surface area contributed by atoms with Crippen LogP contribution in [0.3, 0.4) is 0 Å². The second-order valence-electron chi connectivity index (χ2n) is 5.45. The van der Waals surface area contributed by atoms with Gasteiger partial charge in [0.1, 0.15) is 17.4 Å². The lowest BCUT2D eigenvalue weighted by atomic mass is 10.00. The summed E-state index contributed by atoms with van der Waals surface area (Å²) >= 11 is 0. The highest BCUT2D eigenvalue weighted by molar-refractivity contribution is 7.90. The maximum absolute atomic E-state index is 11.5. The molecule has 0 aromatic heterocycles. The molecule has 0 spiro atoms. The zero-order valence-electron chi connectivity index (χ0n) is 12.3. The van der Waals surface area contributed by atoms with E-state index >= 15 is 0 Å². The van der Waals surface area contributed by atoms with Crippen LogP contribution in [-0.4, -0.2) is 32.9 Å². The van der Waals surface area contributed by atoms with Crippen molar-refractivity contribution in [3.8, 4) is 11.8 Å². The van der Waals surface area contributed by atoms with Gasteiger partial charge in [-0.05, 0) is 37.6 Å². The third-order valence-corrected chi connectivity index (χ3v) is 4.85. The van der Waals surface area contributed by atoms with Crippen LogP contribution in [0.4, 0.5) is 0 Å². The van der Waals surface area contributed by atoms with Crippen LogP contribution < -0.4 is 10.1 Å². The average molecular weight is 308 g/mol. The third-order valence-electron chi connectivity index (χ3n) is 3.73. The normalized spacial score (nSPS) is 25.5. The van der Waals surface area contributed by atoms with E-state index in [1.54, 1.807) is 18.2 Å². The van der Waals surface area contributed by atoms with Gasteiger partial charge in [0.25, 0.3) is 0 Å². The van der Waals surface area contributed by atoms with Crippen LogP contribution in [-0.2, 0) is 9.84 Å². The van der Waals surface area contributed by atoms with Crippen LogP contribution in [0, 0.1) is 11.3 Å². The summed E-state index contributed by atoms with van der Waals surface area (Å²) in [6.45, 7) is 2.71. The van der Waals surface area contributed by atoms with Crippen LogP contribution in [0.1, 0.15) is 26.2 Å². The molecule has 1 aromatic carbocycles. The van der Waals surface area contributed by atoms with Crippen molar-refractivity contribution in [2.45, 2.75) is 42.7 Å². The number of nitriles is 1. The lowest BCUT2D eigenvalue weighted by molar-refractivity contribution is 0.200. The van der Waals surface area contributed by atoms with E-state index < -0.39 is 15.4 Å². The largest absolute Gasteiger partial charge is 0.490 e. The molecule has 2 unspecified atom stereocenters. The maximum Gasteiger partial charge on any atom is 0.175 e. The van der Waals surface area contributed by atoms with Crippen molar-refractivity contribution in [2.24, 2.45) is 0 Å². The van der Waals surface area contributed by atoms with Gasteiger partial charge in [-0.3, -0.25) is 5.32 Å². The van der Waals surface area contributed by atoms with Gasteiger partial charge in [0.05, 0.1) is 11.0 Å². The summed E-state index contributed by atoms with van der Waals surface area (Å²) in [4.78, 5) is 0.247. The Morgan fingerprint density at radius 2 is 2.29 bits per heavy atom. The first kappa shape index (κ1) is 15.8. The van der Waals surface area contributed by atoms with Gasteiger partial charge in [-0.15, -0.1) is 0 Å². The van der Waals surface area contributed by atoms with Crippen molar-refractivity contribution in [3.63, 3.8) is 0 Å². The molecule has 1 N–H and O–H groups in total. The predicted octanol–water partition coefficient (Wildman–Crippen LogP) is 1.89. The number of benzene rings is 1. The Bertz CT molecular complexity index is 651. The first-order chi connectivity index (χ1) is 9.88. The van der Waals surface area contributed by atoms with E-state index in [4.69, 9.17) is 4.74 Å². The lowest BCUT2D eigenvalue weighted by Gasteiger charge is -2.22. The Labute approximate surface area is 125 Å². The van der Waals surface area contributed by atoms with E-state index in [1.807, 2.05) is 6.92 Å². The number of nitrogens with one attached hydrogen (secondary N) is 1. The van der Waals surface area contributed by atoms with Gasteiger partial charge in [0.15, 0.2) is 9.84 Å². The van der Waals surface area contributed by atoms with Crippen molar-refractivity contribution < 1.29 is 13.2 Å². The van der Waals surface area contributed by atoms with Crippen molar-refractivity contribution >= 4 is 9.84 Å². The van der Waals surface area contributed by atoms with Gasteiger partial charge in [-0.2, -0.15) is 5.26 Å². The van der Waals surface area contributed by atoms with Crippen LogP contribution >= 0.6 is 0 Å². The molecular formula is C15H20N2O3S. The Kier molecular flexibility index (Phi) is 4.55. The van der Waals surface area contributed by atoms with Crippen molar-refractivity contribution in [2.75, 3.05) is 12.8 Å². The number of sulfone groups is 1. The van der Waals surface area contributed by atoms with E-state index in [2.05, 4.69) is 11.4 Å². The van der Waals surface area contributed by atoms with Crippen LogP contribution in [0.15, 0.2) is 29.2 Å². The Morgan fingerprint density at radius 3 is 2.90 bits per heavy atom. The number of hydrogen-bond acceptors (Lipinski definition) is 5. The van der Waals surface area contributed by atoms with Crippen LogP contribution in [0.25, 0.3) is 0 Å². The summed E-state index contributed by atoms with van der Waals surface area (Å²) < 4.78 is 29.0. The smallest absolute Gasteiger partial charge is 0.175 e. The minimum absolute atomic E-state index is 0.0708. The molecule has 1 fully saturated rings. The summed E-state index contributed by atoms with van der Waals surface area (Å²) in [6.07, 6.45) is 3.24. The second kappa shape index (κ2) is 6.04. The predicted molar refractivity (Wildman–Crippen MR) is 79.8 cm³/mol. The van der Waals surface area contributed by atoms with Crippen molar-refractivity contribution in [1.82, 2.24) is 5.32 Å². The molecule has 1 aliphatic rings. The highest BCUT2D eigenvalue weighted by atomic mass is 32.2. The topological polar surface area (TPSA) is 79.2 Å². The SMILES string of the molecule is CCNC1(C#N)CCC(Oc2cccc(S(C)(=O)=O)c2)C1. The molecule has 1 aromatic rings. The molecule has 0 saturated heterocycles. The summed E-state index contributed by atoms with van der Waals surface area (Å²) in [6, 6.07) is 8.84. The number of rotatable bonds is 5. The number of ether oxygens (including phenoxy) is 1. The molecule has 114 valence electrons. The summed E-state index contributed by atoms with van der Waals surface area (Å²) in [5, 5.41) is 12.6. The second-order valence-corrected chi connectivity index (χ2v) is 7.47. The van der Waals surface area contributed by atoms with Gasteiger partial charge in [-0.25, -0.2) is 8.42 Å². The maximum atomic E-state index is 11.5. The van der Waals surface area contributed by atoms with Crippen LogP contribution in [0.2, 0.25) is 0 Å². The first-order valence-electron chi connectivity index (χ1n) is 7.01. The summed E-state index contributed by atoms with van der Waals surface area (Å²) in [7, 11) is -3.24. The Balaban J connectivity index is 2.09. The summed E-state index contributed by atoms with van der Waals surface area (Å²) in [5.74, 6) is 0.535. The van der Waals surface area contributed by atoms with E-state index in [0.29, 0.717) is 12.2 Å². The quantitative estimate of drug-likeness (QED) is 0.898. The van der Waals surface area contributed by atoms with Crippen molar-refractivity contribution in [3.05, 3.63) is 24.3 Å². The van der Waals surface area contributed by atoms with E-state index in [0.717, 1.165) is 19.4 Å². The van der Waals surface area contributed by atoms with Gasteiger partial charge >= 0.3 is 0 Å². The fraction of sp³-hybridized carbons (Fsp3) is 0.533. The number of nitrogens with zero attached hydrogens (tertiary/aromatic N) is 1. The van der Waals surface area contributed by atoms with E-state index in [1.165, 1.54) is 12.3 Å². The minimum Gasteiger partial charge on any atom is -0.490 e. The molecule has 0 heterocycles. The lowest BCUT2D eigenvalue weighted by Crippen LogP contribution is -2.42. The zero-order chi connectivity index (χ0) is 15.5. The molecule has 21 heavy (non-hydrogen) atoms. The first-order valence-corrected chi connectivity index (χ1v) is 8.91. The highest BCUT2D eigenvalue weighted by Crippen LogP contribution is 2.32. The Morgan fingerprint density at radius 1 is 1.52 bits per heavy atom. The van der Waals surface area contributed by atoms with Gasteiger partial charge in [-0.1, -0.05) is 13.0 Å². The van der Waals surface area contributed by atoms with Crippen LogP contribution in [0.5, 0.6) is 5.75 Å². The van der Waals surface area contributed by atoms with Gasteiger partial charge in [0.2, 0.25) is 0 Å². The molecule has 0 bridgehead atoms. The fourth-order valence-corrected chi connectivity index (χ4v) is 3.37. The third kappa shape index (κ3) is 3.74. The number of hydrogen-bond donors (Lipinski definition) is 1. The molecule has 1 aliphatic carbocycles.